The highest BCUT2D eigenvalue weighted by atomic mass is 16.5. The minimum Gasteiger partial charge on any atom is -0.504 e. The van der Waals surface area contributed by atoms with E-state index in [4.69, 9.17) is 4.74 Å². The number of unbranched alkanes of at least 4 members (excludes halogenated alkanes) is 1. The number of hydrogen-bond donors (Lipinski definition) is 1. The van der Waals surface area contributed by atoms with Crippen molar-refractivity contribution in [2.24, 2.45) is 11.3 Å². The van der Waals surface area contributed by atoms with Crippen LogP contribution in [0.15, 0.2) is 24.3 Å². The summed E-state index contributed by atoms with van der Waals surface area (Å²) in [5.41, 5.74) is 2.58. The third-order valence-corrected chi connectivity index (χ3v) is 9.86. The van der Waals surface area contributed by atoms with Crippen molar-refractivity contribution in [2.75, 3.05) is 20.1 Å². The van der Waals surface area contributed by atoms with Crippen molar-refractivity contribution in [1.29, 1.82) is 0 Å². The molecule has 1 saturated heterocycles. The van der Waals surface area contributed by atoms with E-state index in [0.717, 1.165) is 51.0 Å². The molecule has 0 radical (unpaired) electrons. The molecule has 33 heavy (non-hydrogen) atoms. The van der Waals surface area contributed by atoms with E-state index < -0.39 is 0 Å². The van der Waals surface area contributed by atoms with Crippen molar-refractivity contribution in [3.63, 3.8) is 0 Å². The van der Waals surface area contributed by atoms with Crippen LogP contribution in [0.4, 0.5) is 0 Å². The Hall–Kier alpha value is -2.01. The number of nitrogens with zero attached hydrogens (tertiary/aromatic N) is 2. The number of amides is 1. The van der Waals surface area contributed by atoms with Crippen molar-refractivity contribution in [3.8, 4) is 11.5 Å². The molecule has 6 rings (SSSR count). The highest BCUT2D eigenvalue weighted by Gasteiger charge is 2.71. The Bertz CT molecular complexity index is 1000. The average Bonchev–Trinajstić information content (AvgIpc) is 3.54. The normalized spacial score (nSPS) is 36.5. The SMILES string of the molecule is CCC/C=C/C(=O)N(C)[C@@H]1CCC2(C)[C@H]3Cc4ccc(O)c5c4[C@@]2(CCN3CC2CC2)[C@H]1O5. The van der Waals surface area contributed by atoms with Crippen molar-refractivity contribution < 1.29 is 14.6 Å². The zero-order valence-corrected chi connectivity index (χ0v) is 20.3. The number of rotatable bonds is 6. The van der Waals surface area contributed by atoms with Crippen LogP contribution in [0.5, 0.6) is 11.5 Å². The Kier molecular flexibility index (Phi) is 4.89. The van der Waals surface area contributed by atoms with Crippen LogP contribution >= 0.6 is 0 Å². The van der Waals surface area contributed by atoms with E-state index in [9.17, 15) is 9.90 Å². The van der Waals surface area contributed by atoms with Gasteiger partial charge in [-0.2, -0.15) is 0 Å². The lowest BCUT2D eigenvalue weighted by Gasteiger charge is -2.66. The number of piperidine rings is 1. The smallest absolute Gasteiger partial charge is 0.246 e. The molecule has 0 aromatic heterocycles. The minimum absolute atomic E-state index is 0.0187. The topological polar surface area (TPSA) is 53.0 Å². The van der Waals surface area contributed by atoms with Crippen LogP contribution in [0.25, 0.3) is 0 Å². The first-order valence-electron chi connectivity index (χ1n) is 13.1. The van der Waals surface area contributed by atoms with E-state index in [0.29, 0.717) is 11.8 Å². The van der Waals surface area contributed by atoms with Crippen LogP contribution in [0.1, 0.15) is 69.9 Å². The number of phenols is 1. The molecular formula is C28H38N2O3. The number of allylic oxidation sites excluding steroid dienone is 1. The Labute approximate surface area is 197 Å². The van der Waals surface area contributed by atoms with Crippen molar-refractivity contribution >= 4 is 5.91 Å². The van der Waals surface area contributed by atoms with Gasteiger partial charge in [-0.25, -0.2) is 0 Å². The Morgan fingerprint density at radius 2 is 2.12 bits per heavy atom. The van der Waals surface area contributed by atoms with E-state index in [-0.39, 0.29) is 34.6 Å². The number of carbonyl (C=O) groups is 1. The molecule has 2 saturated carbocycles. The van der Waals surface area contributed by atoms with Crippen molar-refractivity contribution in [1.82, 2.24) is 9.80 Å². The summed E-state index contributed by atoms with van der Waals surface area (Å²) in [6.45, 7) is 6.94. The number of likely N-dealkylation sites (tertiary alicyclic amines) is 1. The fraction of sp³-hybridized carbons (Fsp3) is 0.679. The Morgan fingerprint density at radius 1 is 1.30 bits per heavy atom. The van der Waals surface area contributed by atoms with Crippen molar-refractivity contribution in [2.45, 2.75) is 88.8 Å². The molecular weight excluding hydrogens is 412 g/mol. The fourth-order valence-corrected chi connectivity index (χ4v) is 7.94. The van der Waals surface area contributed by atoms with Gasteiger partial charge in [0.2, 0.25) is 5.91 Å². The molecule has 1 aromatic rings. The average molecular weight is 451 g/mol. The van der Waals surface area contributed by atoms with Gasteiger partial charge in [-0.1, -0.05) is 32.4 Å². The monoisotopic (exact) mass is 450 g/mol. The van der Waals surface area contributed by atoms with Crippen LogP contribution in [-0.2, 0) is 16.6 Å². The minimum atomic E-state index is -0.135. The van der Waals surface area contributed by atoms with Crippen molar-refractivity contribution in [3.05, 3.63) is 35.4 Å². The summed E-state index contributed by atoms with van der Waals surface area (Å²) >= 11 is 0. The first kappa shape index (κ1) is 21.5. The molecule has 5 heteroatoms. The number of phenolic OH excluding ortho intramolecular Hbond substituents is 1. The van der Waals surface area contributed by atoms with Crippen LogP contribution in [0.2, 0.25) is 0 Å². The van der Waals surface area contributed by atoms with Crippen LogP contribution in [-0.4, -0.2) is 59.1 Å². The predicted octanol–water partition coefficient (Wildman–Crippen LogP) is 4.41. The second kappa shape index (κ2) is 7.49. The summed E-state index contributed by atoms with van der Waals surface area (Å²) in [7, 11) is 1.94. The third kappa shape index (κ3) is 2.90. The summed E-state index contributed by atoms with van der Waals surface area (Å²) in [5, 5.41) is 10.8. The van der Waals surface area contributed by atoms with Gasteiger partial charge >= 0.3 is 0 Å². The summed E-state index contributed by atoms with van der Waals surface area (Å²) < 4.78 is 6.73. The summed E-state index contributed by atoms with van der Waals surface area (Å²) in [5.74, 6) is 1.91. The lowest BCUT2D eigenvalue weighted by Crippen LogP contribution is -2.73. The molecule has 5 nitrogen and oxygen atoms in total. The standard InChI is InChI=1S/C28H38N2O3/c1-4-5-6-7-23(32)29(3)20-12-13-27(2)22-16-19-10-11-21(31)25-24(19)28(27,26(20)33-25)14-15-30(22)17-18-8-9-18/h6-7,10-11,18,20,22,26,31H,4-5,8-9,12-17H2,1-3H3/b7-6+/t20-,22-,26+,27?,28+/m1/s1. The zero-order chi connectivity index (χ0) is 23.0. The third-order valence-electron chi connectivity index (χ3n) is 9.86. The lowest BCUT2D eigenvalue weighted by molar-refractivity contribution is -0.151. The van der Waals surface area contributed by atoms with Gasteiger partial charge in [-0.3, -0.25) is 9.69 Å². The van der Waals surface area contributed by atoms with Gasteiger partial charge < -0.3 is 14.7 Å². The number of hydrogen-bond acceptors (Lipinski definition) is 4. The second-order valence-electron chi connectivity index (χ2n) is 11.5. The highest BCUT2D eigenvalue weighted by Crippen LogP contribution is 2.69. The first-order chi connectivity index (χ1) is 15.9. The van der Waals surface area contributed by atoms with Gasteiger partial charge in [-0.15, -0.1) is 0 Å². The summed E-state index contributed by atoms with van der Waals surface area (Å²) in [6.07, 6.45) is 12.5. The Morgan fingerprint density at radius 3 is 2.88 bits per heavy atom. The fourth-order valence-electron chi connectivity index (χ4n) is 7.94. The van der Waals surface area contributed by atoms with Gasteiger partial charge in [0.05, 0.1) is 6.04 Å². The largest absolute Gasteiger partial charge is 0.504 e. The van der Waals surface area contributed by atoms with Crippen LogP contribution < -0.4 is 4.74 Å². The summed E-state index contributed by atoms with van der Waals surface area (Å²) in [4.78, 5) is 17.8. The molecule has 1 aromatic carbocycles. The molecule has 178 valence electrons. The van der Waals surface area contributed by atoms with E-state index in [1.165, 1.54) is 30.5 Å². The molecule has 3 fully saturated rings. The van der Waals surface area contributed by atoms with Gasteiger partial charge in [0.15, 0.2) is 11.5 Å². The molecule has 1 N–H and O–H groups in total. The molecule has 2 bridgehead atoms. The Balaban J connectivity index is 1.42. The van der Waals surface area contributed by atoms with E-state index in [2.05, 4.69) is 24.8 Å². The van der Waals surface area contributed by atoms with Gasteiger partial charge in [-0.05, 0) is 80.5 Å². The first-order valence-corrected chi connectivity index (χ1v) is 13.1. The lowest BCUT2D eigenvalue weighted by atomic mass is 9.43. The highest BCUT2D eigenvalue weighted by molar-refractivity contribution is 5.87. The van der Waals surface area contributed by atoms with E-state index >= 15 is 0 Å². The zero-order valence-electron chi connectivity index (χ0n) is 20.3. The molecule has 5 aliphatic rings. The maximum atomic E-state index is 13.1. The second-order valence-corrected chi connectivity index (χ2v) is 11.5. The van der Waals surface area contributed by atoms with Gasteiger partial charge in [0.25, 0.3) is 0 Å². The maximum Gasteiger partial charge on any atom is 0.246 e. The van der Waals surface area contributed by atoms with E-state index in [1.807, 2.05) is 24.1 Å². The maximum absolute atomic E-state index is 13.1. The van der Waals surface area contributed by atoms with E-state index in [1.54, 1.807) is 6.08 Å². The molecule has 1 amide bonds. The quantitative estimate of drug-likeness (QED) is 0.652. The summed E-state index contributed by atoms with van der Waals surface area (Å²) in [6, 6.07) is 4.49. The van der Waals surface area contributed by atoms with Crippen LogP contribution in [0, 0.1) is 11.3 Å². The number of carbonyl (C=O) groups excluding carboxylic acids is 1. The molecule has 2 aliphatic heterocycles. The molecule has 1 unspecified atom stereocenters. The number of benzene rings is 1. The molecule has 2 heterocycles. The number of ether oxygens (including phenoxy) is 1. The molecule has 3 aliphatic carbocycles. The number of likely N-dealkylation sites (N-methyl/N-ethyl adjacent to an activating group) is 1. The van der Waals surface area contributed by atoms with Gasteiger partial charge in [0, 0.05) is 30.6 Å². The molecule has 1 spiro atoms. The number of aromatic hydroxyl groups is 1. The molecule has 5 atom stereocenters. The van der Waals surface area contributed by atoms with Crippen LogP contribution in [0.3, 0.4) is 0 Å². The van der Waals surface area contributed by atoms with Gasteiger partial charge in [0.1, 0.15) is 6.10 Å². The predicted molar refractivity (Wildman–Crippen MR) is 129 cm³/mol.